The van der Waals surface area contributed by atoms with E-state index in [2.05, 4.69) is 10.3 Å². The number of halogens is 2. The summed E-state index contributed by atoms with van der Waals surface area (Å²) in [5, 5.41) is 14.8. The van der Waals surface area contributed by atoms with Crippen LogP contribution in [0, 0.1) is 15.9 Å². The Morgan fingerprint density at radius 1 is 1.03 bits per heavy atom. The molecule has 0 aliphatic carbocycles. The van der Waals surface area contributed by atoms with Crippen molar-refractivity contribution >= 4 is 39.8 Å². The summed E-state index contributed by atoms with van der Waals surface area (Å²) < 4.78 is 13.6. The summed E-state index contributed by atoms with van der Waals surface area (Å²) in [7, 11) is 0. The van der Waals surface area contributed by atoms with E-state index in [1.54, 1.807) is 48.5 Å². The van der Waals surface area contributed by atoms with Gasteiger partial charge in [0.15, 0.2) is 0 Å². The summed E-state index contributed by atoms with van der Waals surface area (Å²) in [4.78, 5) is 27.7. The van der Waals surface area contributed by atoms with Crippen molar-refractivity contribution in [2.24, 2.45) is 0 Å². The molecule has 0 aliphatic heterocycles. The summed E-state index contributed by atoms with van der Waals surface area (Å²) in [6.07, 6.45) is 0. The van der Waals surface area contributed by atoms with Crippen LogP contribution < -0.4 is 5.32 Å². The van der Waals surface area contributed by atoms with E-state index in [0.29, 0.717) is 27.2 Å². The Hall–Kier alpha value is -3.84. The molecule has 148 valence electrons. The maximum absolute atomic E-state index is 13.6. The van der Waals surface area contributed by atoms with Crippen molar-refractivity contribution in [2.75, 3.05) is 5.32 Å². The highest BCUT2D eigenvalue weighted by molar-refractivity contribution is 6.30. The molecule has 8 heteroatoms. The van der Waals surface area contributed by atoms with E-state index in [9.17, 15) is 19.3 Å². The van der Waals surface area contributed by atoms with Crippen molar-refractivity contribution in [2.45, 2.75) is 0 Å². The number of rotatable bonds is 4. The minimum Gasteiger partial charge on any atom is -0.322 e. The molecule has 0 saturated heterocycles. The summed E-state index contributed by atoms with van der Waals surface area (Å²) in [5.74, 6) is -1.47. The molecular weight excluding hydrogens is 409 g/mol. The number of amides is 1. The normalized spacial score (nSPS) is 10.7. The highest BCUT2D eigenvalue weighted by Gasteiger charge is 2.18. The zero-order valence-electron chi connectivity index (χ0n) is 15.3. The summed E-state index contributed by atoms with van der Waals surface area (Å²) in [5.41, 5.74) is 1.69. The summed E-state index contributed by atoms with van der Waals surface area (Å²) in [6, 6.07) is 19.0. The number of hydrogen-bond donors (Lipinski definition) is 1. The Morgan fingerprint density at radius 2 is 1.77 bits per heavy atom. The third-order valence-electron chi connectivity index (χ3n) is 4.50. The number of carbonyl (C=O) groups excluding carboxylic acids is 1. The number of hydrogen-bond acceptors (Lipinski definition) is 4. The van der Waals surface area contributed by atoms with Crippen molar-refractivity contribution < 1.29 is 14.1 Å². The minimum absolute atomic E-state index is 0.113. The van der Waals surface area contributed by atoms with Crippen molar-refractivity contribution in [1.82, 2.24) is 4.98 Å². The van der Waals surface area contributed by atoms with Crippen LogP contribution in [-0.2, 0) is 0 Å². The highest BCUT2D eigenvalue weighted by atomic mass is 35.5. The Kier molecular flexibility index (Phi) is 5.12. The maximum Gasteiger partial charge on any atom is 0.306 e. The molecule has 0 saturated carbocycles. The number of nitro benzene ring substituents is 1. The number of fused-ring (bicyclic) bond motifs is 1. The van der Waals surface area contributed by atoms with Crippen LogP contribution in [0.3, 0.4) is 0 Å². The molecule has 1 aromatic heterocycles. The molecule has 0 bridgehead atoms. The average Bonchev–Trinajstić information content (AvgIpc) is 2.74. The molecule has 0 fully saturated rings. The quantitative estimate of drug-likeness (QED) is 0.330. The molecule has 30 heavy (non-hydrogen) atoms. The third kappa shape index (κ3) is 3.83. The van der Waals surface area contributed by atoms with Gasteiger partial charge in [-0.25, -0.2) is 4.98 Å². The predicted octanol–water partition coefficient (Wildman–Crippen LogP) is 5.85. The second-order valence-corrected chi connectivity index (χ2v) is 6.89. The van der Waals surface area contributed by atoms with Gasteiger partial charge in [-0.3, -0.25) is 14.9 Å². The lowest BCUT2D eigenvalue weighted by molar-refractivity contribution is -0.387. The number of carbonyl (C=O) groups is 1. The zero-order chi connectivity index (χ0) is 21.3. The Morgan fingerprint density at radius 3 is 2.50 bits per heavy atom. The van der Waals surface area contributed by atoms with Crippen LogP contribution in [0.25, 0.3) is 22.2 Å². The molecule has 1 amide bonds. The Bertz CT molecular complexity index is 1290. The van der Waals surface area contributed by atoms with Crippen LogP contribution in [0.1, 0.15) is 10.4 Å². The zero-order valence-corrected chi connectivity index (χ0v) is 16.1. The molecule has 1 heterocycles. The molecule has 0 unspecified atom stereocenters. The molecular formula is C22H13ClFN3O3. The third-order valence-corrected chi connectivity index (χ3v) is 4.75. The lowest BCUT2D eigenvalue weighted by atomic mass is 10.0. The molecule has 4 rings (SSSR count). The molecule has 0 spiro atoms. The maximum atomic E-state index is 13.6. The van der Waals surface area contributed by atoms with Gasteiger partial charge in [-0.2, -0.15) is 4.39 Å². The predicted molar refractivity (Wildman–Crippen MR) is 113 cm³/mol. The lowest BCUT2D eigenvalue weighted by Crippen LogP contribution is -2.13. The van der Waals surface area contributed by atoms with Gasteiger partial charge in [0.2, 0.25) is 5.82 Å². The van der Waals surface area contributed by atoms with Crippen LogP contribution in [0.15, 0.2) is 72.8 Å². The minimum atomic E-state index is -0.975. The molecule has 3 aromatic carbocycles. The molecule has 0 aliphatic rings. The molecule has 1 N–H and O–H groups in total. The van der Waals surface area contributed by atoms with Crippen LogP contribution in [0.4, 0.5) is 15.8 Å². The van der Waals surface area contributed by atoms with Gasteiger partial charge in [-0.1, -0.05) is 41.9 Å². The van der Waals surface area contributed by atoms with Gasteiger partial charge < -0.3 is 5.32 Å². The van der Waals surface area contributed by atoms with Crippen LogP contribution in [0.2, 0.25) is 5.02 Å². The fourth-order valence-corrected chi connectivity index (χ4v) is 3.19. The van der Waals surface area contributed by atoms with Crippen LogP contribution >= 0.6 is 11.6 Å². The van der Waals surface area contributed by atoms with E-state index < -0.39 is 22.3 Å². The van der Waals surface area contributed by atoms with E-state index in [0.717, 1.165) is 17.7 Å². The summed E-state index contributed by atoms with van der Waals surface area (Å²) >= 11 is 5.95. The topological polar surface area (TPSA) is 85.1 Å². The van der Waals surface area contributed by atoms with E-state index in [1.807, 2.05) is 6.07 Å². The second kappa shape index (κ2) is 7.88. The smallest absolute Gasteiger partial charge is 0.306 e. The van der Waals surface area contributed by atoms with Crippen molar-refractivity contribution in [1.29, 1.82) is 0 Å². The highest BCUT2D eigenvalue weighted by Crippen LogP contribution is 2.27. The second-order valence-electron chi connectivity index (χ2n) is 6.46. The van der Waals surface area contributed by atoms with E-state index in [4.69, 9.17) is 11.6 Å². The molecule has 6 nitrogen and oxygen atoms in total. The number of nitrogens with one attached hydrogen (secondary N) is 1. The first-order chi connectivity index (χ1) is 14.4. The van der Waals surface area contributed by atoms with Gasteiger partial charge in [-0.15, -0.1) is 0 Å². The largest absolute Gasteiger partial charge is 0.322 e. The number of para-hydroxylation sites is 1. The van der Waals surface area contributed by atoms with Gasteiger partial charge >= 0.3 is 5.69 Å². The molecule has 0 atom stereocenters. The first kappa shape index (κ1) is 19.5. The van der Waals surface area contributed by atoms with Gasteiger partial charge in [0.05, 0.1) is 21.7 Å². The number of nitro groups is 1. The first-order valence-corrected chi connectivity index (χ1v) is 9.21. The molecule has 0 radical (unpaired) electrons. The average molecular weight is 422 g/mol. The van der Waals surface area contributed by atoms with E-state index in [1.165, 1.54) is 6.07 Å². The Labute approximate surface area is 175 Å². The van der Waals surface area contributed by atoms with Crippen LogP contribution in [-0.4, -0.2) is 15.8 Å². The Balaban J connectivity index is 1.77. The van der Waals surface area contributed by atoms with Crippen molar-refractivity contribution in [3.63, 3.8) is 0 Å². The number of nitrogens with zero attached hydrogens (tertiary/aromatic N) is 2. The lowest BCUT2D eigenvalue weighted by Gasteiger charge is -2.11. The number of benzene rings is 3. The van der Waals surface area contributed by atoms with Gasteiger partial charge in [0.1, 0.15) is 0 Å². The van der Waals surface area contributed by atoms with Crippen molar-refractivity contribution in [3.05, 3.63) is 99.3 Å². The van der Waals surface area contributed by atoms with Crippen molar-refractivity contribution in [3.8, 4) is 11.3 Å². The van der Waals surface area contributed by atoms with Gasteiger partial charge in [0.25, 0.3) is 5.91 Å². The monoisotopic (exact) mass is 421 g/mol. The van der Waals surface area contributed by atoms with E-state index in [-0.39, 0.29) is 5.69 Å². The fourth-order valence-electron chi connectivity index (χ4n) is 3.06. The molecule has 4 aromatic rings. The fraction of sp³-hybridized carbons (Fsp3) is 0. The van der Waals surface area contributed by atoms with Gasteiger partial charge in [-0.05, 0) is 36.4 Å². The first-order valence-electron chi connectivity index (χ1n) is 8.83. The SMILES string of the molecule is O=C(Nc1ccc(F)c([N+](=O)[O-])c1)c1cc(-c2ccc(Cl)cc2)nc2ccccc12. The summed E-state index contributed by atoms with van der Waals surface area (Å²) in [6.45, 7) is 0. The number of pyridine rings is 1. The number of anilines is 1. The van der Waals surface area contributed by atoms with Gasteiger partial charge in [0, 0.05) is 27.7 Å². The van der Waals surface area contributed by atoms with Crippen LogP contribution in [0.5, 0.6) is 0 Å². The number of aromatic nitrogens is 1. The standard InChI is InChI=1S/C22H13ClFN3O3/c23-14-7-5-13(6-8-14)20-12-17(16-3-1-2-4-19(16)26-20)22(28)25-15-9-10-18(24)21(11-15)27(29)30/h1-12H,(H,25,28). The van der Waals surface area contributed by atoms with E-state index >= 15 is 0 Å².